The van der Waals surface area contributed by atoms with Gasteiger partial charge in [0.25, 0.3) is 0 Å². The van der Waals surface area contributed by atoms with Crippen LogP contribution in [-0.4, -0.2) is 17.2 Å². The Morgan fingerprint density at radius 1 is 1.07 bits per heavy atom. The lowest BCUT2D eigenvalue weighted by atomic mass is 9.99. The quantitative estimate of drug-likeness (QED) is 0.470. The molecule has 2 heterocycles. The Hall–Kier alpha value is -2.99. The second-order valence-electron chi connectivity index (χ2n) is 6.20. The van der Waals surface area contributed by atoms with Gasteiger partial charge in [0.05, 0.1) is 12.8 Å². The van der Waals surface area contributed by atoms with Gasteiger partial charge in [0.2, 0.25) is 0 Å². The molecule has 0 amide bonds. The summed E-state index contributed by atoms with van der Waals surface area (Å²) in [5.41, 5.74) is 2.58. The maximum Gasteiger partial charge on any atom is 0.347 e. The first-order valence-electron chi connectivity index (χ1n) is 8.27. The average Bonchev–Trinajstić information content (AvgIpc) is 2.99. The van der Waals surface area contributed by atoms with Crippen LogP contribution in [0.15, 0.2) is 62.2 Å². The van der Waals surface area contributed by atoms with E-state index in [0.29, 0.717) is 11.3 Å². The van der Waals surface area contributed by atoms with Gasteiger partial charge in [0, 0.05) is 27.0 Å². The number of aromatic amines is 1. The highest BCUT2D eigenvalue weighted by molar-refractivity contribution is 9.10. The van der Waals surface area contributed by atoms with Crippen LogP contribution in [0, 0.1) is 6.92 Å². The number of aromatic nitrogens is 1. The van der Waals surface area contributed by atoms with E-state index >= 15 is 0 Å². The van der Waals surface area contributed by atoms with Crippen molar-refractivity contribution in [2.45, 2.75) is 6.92 Å². The molecule has 0 atom stereocenters. The highest BCUT2D eigenvalue weighted by atomic mass is 79.9. The number of benzene rings is 2. The molecule has 27 heavy (non-hydrogen) atoms. The molecule has 0 saturated heterocycles. The summed E-state index contributed by atoms with van der Waals surface area (Å²) in [5.74, 6) is 0.981. The van der Waals surface area contributed by atoms with Gasteiger partial charge in [-0.2, -0.15) is 0 Å². The van der Waals surface area contributed by atoms with Crippen LogP contribution < -0.4 is 10.4 Å². The van der Waals surface area contributed by atoms with Crippen LogP contribution in [0.2, 0.25) is 0 Å². The zero-order valence-electron chi connectivity index (χ0n) is 14.7. The van der Waals surface area contributed by atoms with Crippen molar-refractivity contribution in [2.75, 3.05) is 7.11 Å². The molecule has 5 nitrogen and oxygen atoms in total. The van der Waals surface area contributed by atoms with Crippen molar-refractivity contribution in [1.29, 1.82) is 0 Å². The second kappa shape index (κ2) is 6.63. The molecule has 0 fully saturated rings. The summed E-state index contributed by atoms with van der Waals surface area (Å²) in [6, 6.07) is 14.7. The first-order chi connectivity index (χ1) is 13.0. The topological polar surface area (TPSA) is 75.5 Å². The molecule has 0 bridgehead atoms. The fraction of sp³-hybridized carbons (Fsp3) is 0.0952. The highest BCUT2D eigenvalue weighted by Crippen LogP contribution is 2.41. The molecule has 0 unspecified atom stereocenters. The number of aromatic hydroxyl groups is 1. The van der Waals surface area contributed by atoms with Crippen LogP contribution in [0.1, 0.15) is 5.76 Å². The van der Waals surface area contributed by atoms with Gasteiger partial charge in [-0.25, -0.2) is 4.79 Å². The number of ether oxygens (including phenoxy) is 1. The van der Waals surface area contributed by atoms with Crippen LogP contribution in [0.3, 0.4) is 0 Å². The summed E-state index contributed by atoms with van der Waals surface area (Å²) < 4.78 is 11.4. The van der Waals surface area contributed by atoms with Gasteiger partial charge in [-0.15, -0.1) is 0 Å². The van der Waals surface area contributed by atoms with Crippen molar-refractivity contribution in [3.63, 3.8) is 0 Å². The molecule has 0 aliphatic heterocycles. The molecule has 0 radical (unpaired) electrons. The lowest BCUT2D eigenvalue weighted by Gasteiger charge is -2.08. The summed E-state index contributed by atoms with van der Waals surface area (Å²) in [6.45, 7) is 1.63. The minimum Gasteiger partial charge on any atom is -0.507 e. The summed E-state index contributed by atoms with van der Waals surface area (Å²) in [5, 5.41) is 11.3. The molecule has 2 aromatic carbocycles. The molecule has 6 heteroatoms. The predicted molar refractivity (Wildman–Crippen MR) is 108 cm³/mol. The zero-order valence-corrected chi connectivity index (χ0v) is 16.3. The average molecular weight is 426 g/mol. The highest BCUT2D eigenvalue weighted by Gasteiger charge is 2.22. The summed E-state index contributed by atoms with van der Waals surface area (Å²) in [7, 11) is 1.61. The number of H-pyrrole nitrogens is 1. The Kier molecular flexibility index (Phi) is 4.28. The third-order valence-corrected chi connectivity index (χ3v) is 4.94. The van der Waals surface area contributed by atoms with Crippen LogP contribution >= 0.6 is 15.9 Å². The normalized spacial score (nSPS) is 11.1. The molecule has 0 aliphatic rings. The number of hydrogen-bond donors (Lipinski definition) is 2. The van der Waals surface area contributed by atoms with Crippen LogP contribution in [-0.2, 0) is 0 Å². The number of hydrogen-bond acceptors (Lipinski definition) is 4. The molecule has 0 spiro atoms. The minimum atomic E-state index is -0.578. The van der Waals surface area contributed by atoms with Crippen molar-refractivity contribution in [1.82, 2.24) is 4.98 Å². The van der Waals surface area contributed by atoms with Crippen molar-refractivity contribution in [3.8, 4) is 33.9 Å². The van der Waals surface area contributed by atoms with E-state index < -0.39 is 5.63 Å². The van der Waals surface area contributed by atoms with E-state index in [4.69, 9.17) is 9.15 Å². The second-order valence-corrected chi connectivity index (χ2v) is 7.11. The lowest BCUT2D eigenvalue weighted by Crippen LogP contribution is -2.04. The van der Waals surface area contributed by atoms with Gasteiger partial charge >= 0.3 is 5.63 Å². The summed E-state index contributed by atoms with van der Waals surface area (Å²) in [4.78, 5) is 15.9. The minimum absolute atomic E-state index is 0.109. The van der Waals surface area contributed by atoms with Crippen molar-refractivity contribution in [3.05, 3.63) is 69.2 Å². The number of halogens is 1. The van der Waals surface area contributed by atoms with Gasteiger partial charge in [-0.1, -0.05) is 22.0 Å². The van der Waals surface area contributed by atoms with E-state index in [1.54, 1.807) is 14.0 Å². The maximum atomic E-state index is 12.6. The van der Waals surface area contributed by atoms with Gasteiger partial charge < -0.3 is 19.2 Å². The van der Waals surface area contributed by atoms with E-state index in [0.717, 1.165) is 32.4 Å². The third-order valence-electron chi connectivity index (χ3n) is 4.44. The Labute approximate surface area is 163 Å². The molecule has 2 aromatic heterocycles. The van der Waals surface area contributed by atoms with Crippen LogP contribution in [0.5, 0.6) is 11.5 Å². The Balaban J connectivity index is 2.07. The molecule has 4 rings (SSSR count). The fourth-order valence-electron chi connectivity index (χ4n) is 3.23. The van der Waals surface area contributed by atoms with Gasteiger partial charge in [0.1, 0.15) is 22.8 Å². The number of aryl methyl sites for hydroxylation is 1. The molecule has 4 aromatic rings. The Morgan fingerprint density at radius 2 is 1.81 bits per heavy atom. The van der Waals surface area contributed by atoms with Crippen LogP contribution in [0.4, 0.5) is 0 Å². The zero-order chi connectivity index (χ0) is 19.1. The molecule has 2 N–H and O–H groups in total. The van der Waals surface area contributed by atoms with Crippen molar-refractivity contribution < 1.29 is 14.3 Å². The predicted octanol–water partition coefficient (Wildman–Crippen LogP) is 5.24. The number of methoxy groups -OCH3 is 1. The molecular weight excluding hydrogens is 410 g/mol. The van der Waals surface area contributed by atoms with E-state index in [1.165, 1.54) is 6.07 Å². The fourth-order valence-corrected chi connectivity index (χ4v) is 3.59. The van der Waals surface area contributed by atoms with Crippen molar-refractivity contribution >= 4 is 26.8 Å². The van der Waals surface area contributed by atoms with Gasteiger partial charge in [0.15, 0.2) is 0 Å². The van der Waals surface area contributed by atoms with Crippen LogP contribution in [0.25, 0.3) is 33.3 Å². The summed E-state index contributed by atoms with van der Waals surface area (Å²) in [6.07, 6.45) is 0. The Bertz CT molecular complexity index is 1210. The SMILES string of the molecule is COc1ccc(-c2[nH]c3cc(Br)ccc3c2-c2c(O)cc(C)oc2=O)cc1. The molecule has 0 saturated carbocycles. The van der Waals surface area contributed by atoms with Gasteiger partial charge in [-0.05, 0) is 48.9 Å². The first-order valence-corrected chi connectivity index (χ1v) is 9.07. The first kappa shape index (κ1) is 17.4. The smallest absolute Gasteiger partial charge is 0.347 e. The van der Waals surface area contributed by atoms with Crippen molar-refractivity contribution in [2.24, 2.45) is 0 Å². The molecule has 136 valence electrons. The van der Waals surface area contributed by atoms with E-state index in [1.807, 2.05) is 42.5 Å². The molecular formula is C21H16BrNO4. The number of nitrogens with one attached hydrogen (secondary N) is 1. The lowest BCUT2D eigenvalue weighted by molar-refractivity contribution is 0.415. The standard InChI is InChI=1S/C21H16BrNO4/c1-11-9-17(24)19(21(25)27-11)18-15-8-5-13(22)10-16(15)23-20(18)12-3-6-14(26-2)7-4-12/h3-10,23-24H,1-2H3. The summed E-state index contributed by atoms with van der Waals surface area (Å²) >= 11 is 3.47. The van der Waals surface area contributed by atoms with E-state index in [-0.39, 0.29) is 11.3 Å². The molecule has 0 aliphatic carbocycles. The van der Waals surface area contributed by atoms with Gasteiger partial charge in [-0.3, -0.25) is 0 Å². The maximum absolute atomic E-state index is 12.6. The largest absolute Gasteiger partial charge is 0.507 e. The van der Waals surface area contributed by atoms with E-state index in [2.05, 4.69) is 20.9 Å². The number of rotatable bonds is 3. The number of fused-ring (bicyclic) bond motifs is 1. The monoisotopic (exact) mass is 425 g/mol. The third kappa shape index (κ3) is 3.02. The van der Waals surface area contributed by atoms with E-state index in [9.17, 15) is 9.90 Å². The Morgan fingerprint density at radius 3 is 2.48 bits per heavy atom.